The highest BCUT2D eigenvalue weighted by molar-refractivity contribution is 5.71. The first-order valence-corrected chi connectivity index (χ1v) is 7.27. The van der Waals surface area contributed by atoms with Crippen molar-refractivity contribution in [3.8, 4) is 0 Å². The third-order valence-electron chi connectivity index (χ3n) is 4.74. The summed E-state index contributed by atoms with van der Waals surface area (Å²) in [6, 6.07) is 0. The second kappa shape index (κ2) is 6.06. The van der Waals surface area contributed by atoms with Crippen LogP contribution in [-0.4, -0.2) is 52.9 Å². The molecule has 0 aromatic carbocycles. The molecule has 1 aliphatic rings. The molecule has 0 radical (unpaired) electrons. The Morgan fingerprint density at radius 3 is 2.21 bits per heavy atom. The Balaban J connectivity index is 3.12. The normalized spacial score (nSPS) is 37.8. The molecule has 0 bridgehead atoms. The van der Waals surface area contributed by atoms with Gasteiger partial charge in [0.05, 0.1) is 17.9 Å². The van der Waals surface area contributed by atoms with Crippen LogP contribution in [0.2, 0.25) is 0 Å². The molecule has 2 N–H and O–H groups in total. The van der Waals surface area contributed by atoms with Crippen molar-refractivity contribution in [2.45, 2.75) is 57.6 Å². The summed E-state index contributed by atoms with van der Waals surface area (Å²) in [7, 11) is 0. The van der Waals surface area contributed by atoms with Crippen molar-refractivity contribution in [3.63, 3.8) is 0 Å². The molecule has 1 heterocycles. The van der Waals surface area contributed by atoms with Gasteiger partial charge in [0.25, 0.3) is 0 Å². The van der Waals surface area contributed by atoms with Crippen LogP contribution in [0.3, 0.4) is 0 Å². The van der Waals surface area contributed by atoms with Gasteiger partial charge in [-0.1, -0.05) is 20.8 Å². The van der Waals surface area contributed by atoms with Crippen LogP contribution in [-0.2, 0) is 14.3 Å². The highest BCUT2D eigenvalue weighted by Gasteiger charge is 2.82. The Morgan fingerprint density at radius 2 is 1.79 bits per heavy atom. The number of carbonyl (C=O) groups excluding carboxylic acids is 1. The SMILES string of the molecule is CCC(C)C(=O)OCC1(C)COC(O)(C(F)(F)F)C(F)(F)C1(C)O. The second-order valence-electron chi connectivity index (χ2n) is 6.55. The first kappa shape index (κ1) is 21.0. The van der Waals surface area contributed by atoms with Gasteiger partial charge in [-0.05, 0) is 13.3 Å². The number of aliphatic hydroxyl groups is 2. The Kier molecular flexibility index (Phi) is 5.32. The average Bonchev–Trinajstić information content (AvgIpc) is 2.46. The standard InChI is InChI=1S/C14H21F5O5/c1-5-8(2)9(20)23-6-10(3)7-24-13(22,14(17,18)19)12(15,16)11(10,4)21/h8,21-22H,5-7H2,1-4H3. The summed E-state index contributed by atoms with van der Waals surface area (Å²) >= 11 is 0. The van der Waals surface area contributed by atoms with Gasteiger partial charge >= 0.3 is 23.9 Å². The molecule has 1 aliphatic heterocycles. The quantitative estimate of drug-likeness (QED) is 0.591. The molecule has 0 spiro atoms. The number of carbonyl (C=O) groups is 1. The van der Waals surface area contributed by atoms with Crippen LogP contribution in [0.1, 0.15) is 34.1 Å². The van der Waals surface area contributed by atoms with E-state index in [4.69, 9.17) is 4.74 Å². The van der Waals surface area contributed by atoms with Gasteiger partial charge in [0, 0.05) is 0 Å². The fraction of sp³-hybridized carbons (Fsp3) is 0.929. The van der Waals surface area contributed by atoms with Gasteiger partial charge in [-0.3, -0.25) is 4.79 Å². The largest absolute Gasteiger partial charge is 0.465 e. The van der Waals surface area contributed by atoms with E-state index in [-0.39, 0.29) is 0 Å². The van der Waals surface area contributed by atoms with Crippen LogP contribution in [0.5, 0.6) is 0 Å². The first-order valence-electron chi connectivity index (χ1n) is 7.27. The highest BCUT2D eigenvalue weighted by atomic mass is 19.4. The fourth-order valence-electron chi connectivity index (χ4n) is 2.19. The van der Waals surface area contributed by atoms with Crippen molar-refractivity contribution in [1.82, 2.24) is 0 Å². The van der Waals surface area contributed by atoms with Gasteiger partial charge in [-0.2, -0.15) is 22.0 Å². The topological polar surface area (TPSA) is 76.0 Å². The lowest BCUT2D eigenvalue weighted by atomic mass is 9.67. The summed E-state index contributed by atoms with van der Waals surface area (Å²) in [5.41, 5.74) is -5.44. The van der Waals surface area contributed by atoms with Crippen LogP contribution < -0.4 is 0 Å². The number of hydrogen-bond donors (Lipinski definition) is 2. The molecule has 4 unspecified atom stereocenters. The smallest absolute Gasteiger partial charge is 0.449 e. The molecule has 4 atom stereocenters. The van der Waals surface area contributed by atoms with E-state index in [2.05, 4.69) is 4.74 Å². The molecule has 142 valence electrons. The molecule has 0 amide bonds. The fourth-order valence-corrected chi connectivity index (χ4v) is 2.19. The molecule has 5 nitrogen and oxygen atoms in total. The Bertz CT molecular complexity index is 492. The molecular weight excluding hydrogens is 343 g/mol. The van der Waals surface area contributed by atoms with Crippen molar-refractivity contribution in [2.24, 2.45) is 11.3 Å². The average molecular weight is 364 g/mol. The summed E-state index contributed by atoms with van der Waals surface area (Å²) in [6.45, 7) is 2.75. The van der Waals surface area contributed by atoms with Crippen LogP contribution in [0.15, 0.2) is 0 Å². The van der Waals surface area contributed by atoms with E-state index in [9.17, 15) is 37.0 Å². The van der Waals surface area contributed by atoms with Gasteiger partial charge in [0.15, 0.2) is 0 Å². The zero-order chi connectivity index (χ0) is 19.2. The van der Waals surface area contributed by atoms with E-state index in [0.717, 1.165) is 6.92 Å². The zero-order valence-corrected chi connectivity index (χ0v) is 13.7. The summed E-state index contributed by atoms with van der Waals surface area (Å²) in [4.78, 5) is 11.7. The minimum Gasteiger partial charge on any atom is -0.465 e. The number of hydrogen-bond acceptors (Lipinski definition) is 5. The third-order valence-corrected chi connectivity index (χ3v) is 4.74. The molecular formula is C14H21F5O5. The van der Waals surface area contributed by atoms with Crippen molar-refractivity contribution in [3.05, 3.63) is 0 Å². The number of esters is 1. The van der Waals surface area contributed by atoms with Crippen LogP contribution in [0.4, 0.5) is 22.0 Å². The van der Waals surface area contributed by atoms with Crippen molar-refractivity contribution < 1.29 is 46.4 Å². The van der Waals surface area contributed by atoms with Gasteiger partial charge in [-0.25, -0.2) is 0 Å². The Labute approximate surface area is 135 Å². The molecule has 1 fully saturated rings. The Hall–Kier alpha value is -1.00. The molecule has 0 aliphatic carbocycles. The van der Waals surface area contributed by atoms with E-state index in [1.54, 1.807) is 6.92 Å². The lowest BCUT2D eigenvalue weighted by Crippen LogP contribution is -2.78. The number of halogens is 5. The maximum Gasteiger partial charge on any atom is 0.449 e. The lowest BCUT2D eigenvalue weighted by molar-refractivity contribution is -0.489. The summed E-state index contributed by atoms with van der Waals surface area (Å²) < 4.78 is 76.0. The minimum atomic E-state index is -5.84. The number of alkyl halides is 5. The Morgan fingerprint density at radius 1 is 1.29 bits per heavy atom. The van der Waals surface area contributed by atoms with E-state index in [0.29, 0.717) is 13.3 Å². The predicted molar refractivity (Wildman–Crippen MR) is 71.0 cm³/mol. The lowest BCUT2D eigenvalue weighted by Gasteiger charge is -2.55. The first-order chi connectivity index (χ1) is 10.6. The van der Waals surface area contributed by atoms with Gasteiger partial charge in [-0.15, -0.1) is 0 Å². The van der Waals surface area contributed by atoms with Crippen LogP contribution >= 0.6 is 0 Å². The van der Waals surface area contributed by atoms with Crippen molar-refractivity contribution >= 4 is 5.97 Å². The molecule has 1 saturated heterocycles. The van der Waals surface area contributed by atoms with Crippen molar-refractivity contribution in [2.75, 3.05) is 13.2 Å². The van der Waals surface area contributed by atoms with Crippen LogP contribution in [0, 0.1) is 11.3 Å². The predicted octanol–water partition coefficient (Wildman–Crippen LogP) is 2.25. The van der Waals surface area contributed by atoms with Crippen molar-refractivity contribution in [1.29, 1.82) is 0 Å². The van der Waals surface area contributed by atoms with E-state index in [1.165, 1.54) is 6.92 Å². The minimum absolute atomic E-state index is 0.409. The molecule has 0 aromatic rings. The second-order valence-corrected chi connectivity index (χ2v) is 6.55. The van der Waals surface area contributed by atoms with E-state index in [1.807, 2.05) is 0 Å². The molecule has 0 saturated carbocycles. The monoisotopic (exact) mass is 364 g/mol. The summed E-state index contributed by atoms with van der Waals surface area (Å²) in [5, 5.41) is 19.5. The molecule has 24 heavy (non-hydrogen) atoms. The highest BCUT2D eigenvalue weighted by Crippen LogP contribution is 2.57. The number of ether oxygens (including phenoxy) is 2. The maximum atomic E-state index is 14.3. The zero-order valence-electron chi connectivity index (χ0n) is 13.7. The molecule has 1 rings (SSSR count). The van der Waals surface area contributed by atoms with E-state index >= 15 is 0 Å². The van der Waals surface area contributed by atoms with Gasteiger partial charge < -0.3 is 19.7 Å². The maximum absolute atomic E-state index is 14.3. The summed E-state index contributed by atoms with van der Waals surface area (Å²) in [5.74, 6) is -11.2. The van der Waals surface area contributed by atoms with Gasteiger partial charge in [0.1, 0.15) is 12.2 Å². The molecule has 0 aromatic heterocycles. The summed E-state index contributed by atoms with van der Waals surface area (Å²) in [6.07, 6.45) is -5.43. The third kappa shape index (κ3) is 2.88. The van der Waals surface area contributed by atoms with E-state index < -0.39 is 54.0 Å². The van der Waals surface area contributed by atoms with Crippen LogP contribution in [0.25, 0.3) is 0 Å². The number of rotatable bonds is 4. The molecule has 10 heteroatoms. The van der Waals surface area contributed by atoms with Gasteiger partial charge in [0.2, 0.25) is 0 Å².